The molecular weight excluding hydrogens is 218 g/mol. The number of methoxy groups -OCH3 is 1. The van der Waals surface area contributed by atoms with Crippen molar-refractivity contribution in [3.63, 3.8) is 0 Å². The summed E-state index contributed by atoms with van der Waals surface area (Å²) in [4.78, 5) is 0. The van der Waals surface area contributed by atoms with Crippen molar-refractivity contribution in [3.8, 4) is 11.5 Å². The molecule has 0 spiro atoms. The highest BCUT2D eigenvalue weighted by Gasteiger charge is 2.24. The summed E-state index contributed by atoms with van der Waals surface area (Å²) in [6.45, 7) is 1.52. The highest BCUT2D eigenvalue weighted by Crippen LogP contribution is 2.34. The van der Waals surface area contributed by atoms with E-state index in [0.717, 1.165) is 31.6 Å². The second-order valence-electron chi connectivity index (χ2n) is 4.40. The summed E-state index contributed by atoms with van der Waals surface area (Å²) >= 11 is 0. The number of ether oxygens (including phenoxy) is 2. The van der Waals surface area contributed by atoms with E-state index in [-0.39, 0.29) is 11.8 Å². The Morgan fingerprint density at radius 3 is 2.71 bits per heavy atom. The third-order valence-corrected chi connectivity index (χ3v) is 3.37. The summed E-state index contributed by atoms with van der Waals surface area (Å²) in [6, 6.07) is 5.14. The van der Waals surface area contributed by atoms with Crippen LogP contribution >= 0.6 is 0 Å². The van der Waals surface area contributed by atoms with Gasteiger partial charge in [-0.15, -0.1) is 0 Å². The first-order valence-electron chi connectivity index (χ1n) is 5.92. The molecule has 0 unspecified atom stereocenters. The summed E-state index contributed by atoms with van der Waals surface area (Å²) in [5, 5.41) is 9.93. The molecule has 1 fully saturated rings. The fourth-order valence-electron chi connectivity index (χ4n) is 2.26. The molecule has 0 aliphatic carbocycles. The number of benzene rings is 1. The van der Waals surface area contributed by atoms with E-state index < -0.39 is 0 Å². The van der Waals surface area contributed by atoms with Crippen molar-refractivity contribution in [1.29, 1.82) is 0 Å². The topological polar surface area (TPSA) is 64.7 Å². The lowest BCUT2D eigenvalue weighted by Crippen LogP contribution is -2.27. The van der Waals surface area contributed by atoms with Gasteiger partial charge < -0.3 is 20.3 Å². The summed E-state index contributed by atoms with van der Waals surface area (Å²) in [5.41, 5.74) is 7.00. The van der Waals surface area contributed by atoms with Crippen molar-refractivity contribution in [1.82, 2.24) is 0 Å². The zero-order chi connectivity index (χ0) is 12.3. The van der Waals surface area contributed by atoms with Crippen LogP contribution in [0.15, 0.2) is 18.2 Å². The molecule has 1 heterocycles. The highest BCUT2D eigenvalue weighted by molar-refractivity contribution is 5.41. The molecule has 0 radical (unpaired) electrons. The molecule has 0 amide bonds. The lowest BCUT2D eigenvalue weighted by molar-refractivity contribution is 0.0581. The minimum Gasteiger partial charge on any atom is -0.507 e. The largest absolute Gasteiger partial charge is 0.507 e. The first-order valence-corrected chi connectivity index (χ1v) is 5.92. The van der Waals surface area contributed by atoms with Crippen LogP contribution in [-0.2, 0) is 4.74 Å². The van der Waals surface area contributed by atoms with Crippen LogP contribution in [0.4, 0.5) is 0 Å². The van der Waals surface area contributed by atoms with Gasteiger partial charge >= 0.3 is 0 Å². The Bertz CT molecular complexity index is 375. The average molecular weight is 237 g/mol. The van der Waals surface area contributed by atoms with Crippen LogP contribution in [-0.4, -0.2) is 25.4 Å². The second kappa shape index (κ2) is 5.38. The molecule has 1 aromatic rings. The molecule has 0 aromatic heterocycles. The van der Waals surface area contributed by atoms with Crippen LogP contribution in [0.5, 0.6) is 11.5 Å². The quantitative estimate of drug-likeness (QED) is 0.841. The number of hydrogen-bond acceptors (Lipinski definition) is 4. The zero-order valence-electron chi connectivity index (χ0n) is 10.1. The second-order valence-corrected chi connectivity index (χ2v) is 4.40. The van der Waals surface area contributed by atoms with Crippen LogP contribution in [0.25, 0.3) is 0 Å². The predicted octanol–water partition coefficient (Wildman–Crippen LogP) is 1.83. The fraction of sp³-hybridized carbons (Fsp3) is 0.538. The number of hydrogen-bond donors (Lipinski definition) is 2. The third-order valence-electron chi connectivity index (χ3n) is 3.37. The Hall–Kier alpha value is -1.26. The molecule has 4 heteroatoms. The lowest BCUT2D eigenvalue weighted by Gasteiger charge is -2.28. The molecule has 1 aromatic carbocycles. The normalized spacial score (nSPS) is 18.9. The third kappa shape index (κ3) is 2.70. The lowest BCUT2D eigenvalue weighted by atomic mass is 9.87. The standard InChI is InChI=1S/C13H19NO3/c1-16-10-2-3-11(12(15)8-10)13(14)9-4-6-17-7-5-9/h2-3,8-9,13,15H,4-7,14H2,1H3/t13-/m1/s1. The van der Waals surface area contributed by atoms with Crippen LogP contribution in [0.3, 0.4) is 0 Å². The molecule has 1 aliphatic heterocycles. The maximum atomic E-state index is 9.93. The van der Waals surface area contributed by atoms with E-state index in [1.54, 1.807) is 13.2 Å². The maximum Gasteiger partial charge on any atom is 0.124 e. The molecule has 4 nitrogen and oxygen atoms in total. The molecule has 94 valence electrons. The first kappa shape index (κ1) is 12.2. The van der Waals surface area contributed by atoms with Gasteiger partial charge in [-0.05, 0) is 24.8 Å². The zero-order valence-corrected chi connectivity index (χ0v) is 10.1. The summed E-state index contributed by atoms with van der Waals surface area (Å²) in [6.07, 6.45) is 1.90. The molecule has 0 saturated carbocycles. The van der Waals surface area contributed by atoms with Crippen LogP contribution in [0.1, 0.15) is 24.4 Å². The first-order chi connectivity index (χ1) is 8.22. The number of rotatable bonds is 3. The van der Waals surface area contributed by atoms with Crippen molar-refractivity contribution in [3.05, 3.63) is 23.8 Å². The van der Waals surface area contributed by atoms with Gasteiger partial charge in [0.15, 0.2) is 0 Å². The van der Waals surface area contributed by atoms with E-state index in [4.69, 9.17) is 15.2 Å². The van der Waals surface area contributed by atoms with E-state index in [1.165, 1.54) is 0 Å². The van der Waals surface area contributed by atoms with Gasteiger partial charge in [0, 0.05) is 30.9 Å². The number of phenolic OH excluding ortho intramolecular Hbond substituents is 1. The van der Waals surface area contributed by atoms with Crippen LogP contribution in [0.2, 0.25) is 0 Å². The van der Waals surface area contributed by atoms with Crippen molar-refractivity contribution < 1.29 is 14.6 Å². The van der Waals surface area contributed by atoms with Gasteiger partial charge in [-0.2, -0.15) is 0 Å². The molecule has 1 saturated heterocycles. The van der Waals surface area contributed by atoms with Gasteiger partial charge in [0.25, 0.3) is 0 Å². The molecule has 0 bridgehead atoms. The van der Waals surface area contributed by atoms with Gasteiger partial charge in [0.2, 0.25) is 0 Å². The molecule has 1 atom stereocenters. The monoisotopic (exact) mass is 237 g/mol. The van der Waals surface area contributed by atoms with Crippen molar-refractivity contribution in [2.45, 2.75) is 18.9 Å². The summed E-state index contributed by atoms with van der Waals surface area (Å²) in [5.74, 6) is 1.23. The van der Waals surface area contributed by atoms with Gasteiger partial charge in [-0.25, -0.2) is 0 Å². The summed E-state index contributed by atoms with van der Waals surface area (Å²) < 4.78 is 10.4. The minimum atomic E-state index is -0.134. The Balaban J connectivity index is 2.15. The molecule has 2 rings (SSSR count). The summed E-state index contributed by atoms with van der Waals surface area (Å²) in [7, 11) is 1.58. The number of aromatic hydroxyl groups is 1. The average Bonchev–Trinajstić information content (AvgIpc) is 2.39. The van der Waals surface area contributed by atoms with Crippen molar-refractivity contribution >= 4 is 0 Å². The predicted molar refractivity (Wildman–Crippen MR) is 65.1 cm³/mol. The van der Waals surface area contributed by atoms with Gasteiger partial charge in [-0.3, -0.25) is 0 Å². The van der Waals surface area contributed by atoms with E-state index >= 15 is 0 Å². The minimum absolute atomic E-state index is 0.134. The van der Waals surface area contributed by atoms with Crippen molar-refractivity contribution in [2.75, 3.05) is 20.3 Å². The smallest absolute Gasteiger partial charge is 0.124 e. The molecule has 3 N–H and O–H groups in total. The van der Waals surface area contributed by atoms with Crippen molar-refractivity contribution in [2.24, 2.45) is 11.7 Å². The van der Waals surface area contributed by atoms with E-state index in [1.807, 2.05) is 12.1 Å². The fourth-order valence-corrected chi connectivity index (χ4v) is 2.26. The molecular formula is C13H19NO3. The number of nitrogens with two attached hydrogens (primary N) is 1. The highest BCUT2D eigenvalue weighted by atomic mass is 16.5. The Kier molecular flexibility index (Phi) is 3.86. The maximum absolute atomic E-state index is 9.93. The van der Waals surface area contributed by atoms with Crippen LogP contribution < -0.4 is 10.5 Å². The van der Waals surface area contributed by atoms with Crippen LogP contribution in [0, 0.1) is 5.92 Å². The Morgan fingerprint density at radius 1 is 1.41 bits per heavy atom. The van der Waals surface area contributed by atoms with E-state index in [9.17, 15) is 5.11 Å². The Labute approximate surface area is 101 Å². The van der Waals surface area contributed by atoms with Gasteiger partial charge in [-0.1, -0.05) is 6.07 Å². The molecule has 17 heavy (non-hydrogen) atoms. The number of phenols is 1. The SMILES string of the molecule is COc1ccc([C@H](N)C2CCOCC2)c(O)c1. The molecule has 1 aliphatic rings. The van der Waals surface area contributed by atoms with E-state index in [2.05, 4.69) is 0 Å². The Morgan fingerprint density at radius 2 is 2.12 bits per heavy atom. The van der Waals surface area contributed by atoms with Gasteiger partial charge in [0.1, 0.15) is 11.5 Å². The van der Waals surface area contributed by atoms with Gasteiger partial charge in [0.05, 0.1) is 7.11 Å². The van der Waals surface area contributed by atoms with E-state index in [0.29, 0.717) is 11.7 Å².